The van der Waals surface area contributed by atoms with Gasteiger partial charge in [0.05, 0.1) is 11.4 Å². The monoisotopic (exact) mass is 227 g/mol. The average molecular weight is 227 g/mol. The van der Waals surface area contributed by atoms with Crippen LogP contribution in [0.2, 0.25) is 0 Å². The summed E-state index contributed by atoms with van der Waals surface area (Å²) < 4.78 is 11.0. The quantitative estimate of drug-likeness (QED) is 0.809. The van der Waals surface area contributed by atoms with Crippen LogP contribution in [0.1, 0.15) is 12.6 Å². The second-order valence-corrected chi connectivity index (χ2v) is 5.14. The molecule has 0 saturated heterocycles. The summed E-state index contributed by atoms with van der Waals surface area (Å²) in [7, 11) is -0.794. The Hall–Kier alpha value is -1.10. The number of hydrogen-bond donors (Lipinski definition) is 2. The van der Waals surface area contributed by atoms with Crippen LogP contribution in [0.25, 0.3) is 0 Å². The molecule has 84 valence electrons. The van der Waals surface area contributed by atoms with Gasteiger partial charge in [0.15, 0.2) is 0 Å². The molecule has 5 heteroatoms. The van der Waals surface area contributed by atoms with Crippen molar-refractivity contribution < 1.29 is 4.21 Å². The van der Waals surface area contributed by atoms with E-state index in [2.05, 4.69) is 10.3 Å². The third-order valence-corrected chi connectivity index (χ3v) is 2.98. The van der Waals surface area contributed by atoms with E-state index in [4.69, 9.17) is 5.73 Å². The third kappa shape index (κ3) is 3.87. The maximum absolute atomic E-state index is 11.0. The van der Waals surface area contributed by atoms with Crippen LogP contribution in [0, 0.1) is 6.92 Å². The number of nitrogens with one attached hydrogen (secondary N) is 1. The van der Waals surface area contributed by atoms with Gasteiger partial charge in [0, 0.05) is 28.9 Å². The first-order valence-electron chi connectivity index (χ1n) is 4.78. The lowest BCUT2D eigenvalue weighted by atomic mass is 10.3. The molecule has 0 spiro atoms. The molecule has 4 nitrogen and oxygen atoms in total. The molecular weight excluding hydrogens is 210 g/mol. The number of nitrogen functional groups attached to an aromatic ring is 1. The molecule has 3 N–H and O–H groups in total. The van der Waals surface area contributed by atoms with Crippen molar-refractivity contribution in [1.29, 1.82) is 0 Å². The Kier molecular flexibility index (Phi) is 4.08. The number of rotatable bonds is 4. The van der Waals surface area contributed by atoms with Gasteiger partial charge in [-0.3, -0.25) is 4.21 Å². The molecule has 2 unspecified atom stereocenters. The first kappa shape index (κ1) is 12.0. The lowest BCUT2D eigenvalue weighted by Crippen LogP contribution is -2.22. The van der Waals surface area contributed by atoms with E-state index in [0.717, 1.165) is 11.5 Å². The summed E-state index contributed by atoms with van der Waals surface area (Å²) in [5.74, 6) is 1.39. The van der Waals surface area contributed by atoms with E-state index in [1.165, 1.54) is 0 Å². The molecule has 0 bridgehead atoms. The van der Waals surface area contributed by atoms with Gasteiger partial charge in [-0.1, -0.05) is 0 Å². The van der Waals surface area contributed by atoms with Gasteiger partial charge in [-0.2, -0.15) is 0 Å². The smallest absolute Gasteiger partial charge is 0.126 e. The molecule has 0 aliphatic carbocycles. The zero-order valence-electron chi connectivity index (χ0n) is 9.28. The number of anilines is 2. The van der Waals surface area contributed by atoms with E-state index in [9.17, 15) is 4.21 Å². The first-order valence-corrected chi connectivity index (χ1v) is 6.51. The topological polar surface area (TPSA) is 68.0 Å². The highest BCUT2D eigenvalue weighted by atomic mass is 32.2. The maximum Gasteiger partial charge on any atom is 0.126 e. The number of hydrogen-bond acceptors (Lipinski definition) is 4. The predicted octanol–water partition coefficient (Wildman–Crippen LogP) is 1.15. The fourth-order valence-electron chi connectivity index (χ4n) is 1.30. The van der Waals surface area contributed by atoms with Crippen molar-refractivity contribution in [2.75, 3.05) is 23.1 Å². The molecule has 0 radical (unpaired) electrons. The molecule has 1 rings (SSSR count). The Morgan fingerprint density at radius 2 is 2.27 bits per heavy atom. The molecular formula is C10H17N3OS. The minimum absolute atomic E-state index is 0.145. The SMILES string of the molecule is Cc1nc(NC(C)CS(C)=O)ccc1N. The lowest BCUT2D eigenvalue weighted by Gasteiger charge is -2.13. The Morgan fingerprint density at radius 3 is 2.80 bits per heavy atom. The summed E-state index contributed by atoms with van der Waals surface area (Å²) in [4.78, 5) is 4.28. The number of pyridine rings is 1. The Bertz CT molecular complexity index is 368. The van der Waals surface area contributed by atoms with E-state index in [1.54, 1.807) is 6.26 Å². The van der Waals surface area contributed by atoms with Gasteiger partial charge >= 0.3 is 0 Å². The molecule has 1 aromatic rings. The minimum atomic E-state index is -0.794. The molecule has 0 fully saturated rings. The number of nitrogens with zero attached hydrogens (tertiary/aromatic N) is 1. The molecule has 15 heavy (non-hydrogen) atoms. The van der Waals surface area contributed by atoms with Crippen molar-refractivity contribution in [3.8, 4) is 0 Å². The third-order valence-electron chi connectivity index (χ3n) is 2.01. The van der Waals surface area contributed by atoms with Crippen LogP contribution in [-0.2, 0) is 10.8 Å². The van der Waals surface area contributed by atoms with Crippen LogP contribution < -0.4 is 11.1 Å². The number of aromatic nitrogens is 1. The van der Waals surface area contributed by atoms with Crippen molar-refractivity contribution in [2.45, 2.75) is 19.9 Å². The lowest BCUT2D eigenvalue weighted by molar-refractivity contribution is 0.683. The fraction of sp³-hybridized carbons (Fsp3) is 0.500. The van der Waals surface area contributed by atoms with E-state index in [0.29, 0.717) is 11.4 Å². The zero-order chi connectivity index (χ0) is 11.4. The Morgan fingerprint density at radius 1 is 1.60 bits per heavy atom. The van der Waals surface area contributed by atoms with Crippen LogP contribution in [0.15, 0.2) is 12.1 Å². The van der Waals surface area contributed by atoms with Crippen LogP contribution >= 0.6 is 0 Å². The molecule has 0 aliphatic heterocycles. The van der Waals surface area contributed by atoms with Gasteiger partial charge < -0.3 is 11.1 Å². The summed E-state index contributed by atoms with van der Waals surface area (Å²) in [6, 6.07) is 3.80. The normalized spacial score (nSPS) is 14.6. The standard InChI is InChI=1S/C10H17N3OS/c1-7(6-15(3)14)12-10-5-4-9(11)8(2)13-10/h4-5,7H,6,11H2,1-3H3,(H,12,13). The van der Waals surface area contributed by atoms with Crippen LogP contribution in [0.5, 0.6) is 0 Å². The largest absolute Gasteiger partial charge is 0.397 e. The molecule has 0 saturated carbocycles. The van der Waals surface area contributed by atoms with Gasteiger partial charge in [-0.25, -0.2) is 4.98 Å². The summed E-state index contributed by atoms with van der Waals surface area (Å²) in [5, 5.41) is 3.18. The van der Waals surface area contributed by atoms with Crippen LogP contribution in [-0.4, -0.2) is 27.2 Å². The number of aryl methyl sites for hydroxylation is 1. The molecule has 1 heterocycles. The van der Waals surface area contributed by atoms with Crippen molar-refractivity contribution in [3.63, 3.8) is 0 Å². The van der Waals surface area contributed by atoms with E-state index in [1.807, 2.05) is 26.0 Å². The van der Waals surface area contributed by atoms with Gasteiger partial charge in [0.2, 0.25) is 0 Å². The highest BCUT2D eigenvalue weighted by Crippen LogP contribution is 2.12. The van der Waals surface area contributed by atoms with Gasteiger partial charge in [-0.05, 0) is 26.0 Å². The van der Waals surface area contributed by atoms with Crippen molar-refractivity contribution in [2.24, 2.45) is 0 Å². The predicted molar refractivity (Wildman–Crippen MR) is 65.4 cm³/mol. The van der Waals surface area contributed by atoms with Crippen molar-refractivity contribution in [1.82, 2.24) is 4.98 Å². The minimum Gasteiger partial charge on any atom is -0.397 e. The highest BCUT2D eigenvalue weighted by Gasteiger charge is 2.05. The van der Waals surface area contributed by atoms with Gasteiger partial charge in [0.1, 0.15) is 5.82 Å². The molecule has 0 amide bonds. The maximum atomic E-state index is 11.0. The van der Waals surface area contributed by atoms with E-state index in [-0.39, 0.29) is 6.04 Å². The highest BCUT2D eigenvalue weighted by molar-refractivity contribution is 7.84. The molecule has 1 aromatic heterocycles. The van der Waals surface area contributed by atoms with Crippen LogP contribution in [0.4, 0.5) is 11.5 Å². The van der Waals surface area contributed by atoms with Gasteiger partial charge in [-0.15, -0.1) is 0 Å². The van der Waals surface area contributed by atoms with E-state index < -0.39 is 10.8 Å². The molecule has 2 atom stereocenters. The first-order chi connectivity index (χ1) is 6.99. The number of nitrogens with two attached hydrogens (primary N) is 1. The summed E-state index contributed by atoms with van der Waals surface area (Å²) in [6.45, 7) is 3.85. The summed E-state index contributed by atoms with van der Waals surface area (Å²) >= 11 is 0. The summed E-state index contributed by atoms with van der Waals surface area (Å²) in [5.41, 5.74) is 7.16. The van der Waals surface area contributed by atoms with Crippen molar-refractivity contribution in [3.05, 3.63) is 17.8 Å². The Balaban J connectivity index is 2.64. The van der Waals surface area contributed by atoms with Gasteiger partial charge in [0.25, 0.3) is 0 Å². The molecule has 0 aliphatic rings. The van der Waals surface area contributed by atoms with Crippen molar-refractivity contribution >= 4 is 22.3 Å². The second-order valence-electron chi connectivity index (χ2n) is 3.66. The average Bonchev–Trinajstić information content (AvgIpc) is 2.10. The fourth-order valence-corrected chi connectivity index (χ4v) is 2.09. The van der Waals surface area contributed by atoms with Crippen LogP contribution in [0.3, 0.4) is 0 Å². The molecule has 0 aromatic carbocycles. The summed E-state index contributed by atoms with van der Waals surface area (Å²) in [6.07, 6.45) is 1.69. The van der Waals surface area contributed by atoms with E-state index >= 15 is 0 Å². The zero-order valence-corrected chi connectivity index (χ0v) is 10.1. The Labute approximate surface area is 92.7 Å². The second kappa shape index (κ2) is 5.11.